The summed E-state index contributed by atoms with van der Waals surface area (Å²) in [5.41, 5.74) is -0.857. The average Bonchev–Trinajstić information content (AvgIpc) is 2.26. The van der Waals surface area contributed by atoms with E-state index in [0.29, 0.717) is 0 Å². The second kappa shape index (κ2) is 4.65. The smallest absolute Gasteiger partial charge is 0.416 e. The average molecular weight is 248 g/mol. The van der Waals surface area contributed by atoms with Crippen molar-refractivity contribution in [2.45, 2.75) is 19.0 Å². The van der Waals surface area contributed by atoms with Gasteiger partial charge in [-0.2, -0.15) is 13.2 Å². The first-order valence-corrected chi connectivity index (χ1v) is 4.74. The van der Waals surface area contributed by atoms with Gasteiger partial charge in [0.15, 0.2) is 0 Å². The Morgan fingerprint density at radius 1 is 1.35 bits per heavy atom. The van der Waals surface area contributed by atoms with Crippen molar-refractivity contribution in [3.05, 3.63) is 29.3 Å². The second-order valence-electron chi connectivity index (χ2n) is 3.55. The number of hydrogen-bond acceptors (Lipinski definition) is 2. The highest BCUT2D eigenvalue weighted by Crippen LogP contribution is 2.34. The first-order chi connectivity index (χ1) is 7.75. The van der Waals surface area contributed by atoms with Crippen LogP contribution in [0.2, 0.25) is 0 Å². The van der Waals surface area contributed by atoms with Crippen LogP contribution in [0.1, 0.15) is 24.0 Å². The molecule has 0 saturated carbocycles. The van der Waals surface area contributed by atoms with Crippen LogP contribution >= 0.6 is 0 Å². The van der Waals surface area contributed by atoms with Crippen molar-refractivity contribution in [3.63, 3.8) is 0 Å². The molecule has 1 atom stereocenters. The van der Waals surface area contributed by atoms with E-state index in [2.05, 4.69) is 0 Å². The lowest BCUT2D eigenvalue weighted by Gasteiger charge is -2.13. The van der Waals surface area contributed by atoms with Gasteiger partial charge in [0, 0.05) is 0 Å². The molecule has 0 radical (unpaired) electrons. The highest BCUT2D eigenvalue weighted by molar-refractivity contribution is 5.75. The number of ether oxygens (including phenoxy) is 1. The van der Waals surface area contributed by atoms with Gasteiger partial charge in [0.2, 0.25) is 0 Å². The minimum absolute atomic E-state index is 0.0112. The molecular formula is C11H11F3O3. The summed E-state index contributed by atoms with van der Waals surface area (Å²) in [6.45, 7) is 1.32. The summed E-state index contributed by atoms with van der Waals surface area (Å²) in [6, 6.07) is 2.94. The maximum atomic E-state index is 12.5. The molecule has 1 rings (SSSR count). The summed E-state index contributed by atoms with van der Waals surface area (Å²) < 4.78 is 42.4. The fraction of sp³-hybridized carbons (Fsp3) is 0.364. The van der Waals surface area contributed by atoms with E-state index in [1.165, 1.54) is 20.1 Å². The fourth-order valence-corrected chi connectivity index (χ4v) is 1.30. The van der Waals surface area contributed by atoms with Crippen LogP contribution in [-0.4, -0.2) is 18.2 Å². The van der Waals surface area contributed by atoms with E-state index < -0.39 is 23.6 Å². The highest BCUT2D eigenvalue weighted by Gasteiger charge is 2.32. The van der Waals surface area contributed by atoms with Gasteiger partial charge in [-0.25, -0.2) is 0 Å². The van der Waals surface area contributed by atoms with Gasteiger partial charge in [0.25, 0.3) is 0 Å². The van der Waals surface area contributed by atoms with Crippen LogP contribution in [0.25, 0.3) is 0 Å². The summed E-state index contributed by atoms with van der Waals surface area (Å²) in [6.07, 6.45) is -4.53. The lowest BCUT2D eigenvalue weighted by molar-refractivity contribution is -0.140. The third kappa shape index (κ3) is 3.12. The molecule has 1 aromatic rings. The monoisotopic (exact) mass is 248 g/mol. The molecule has 0 aliphatic carbocycles. The maximum Gasteiger partial charge on any atom is 0.416 e. The molecule has 0 amide bonds. The molecular weight excluding hydrogens is 237 g/mol. The third-order valence-electron chi connectivity index (χ3n) is 2.36. The van der Waals surface area contributed by atoms with Gasteiger partial charge < -0.3 is 9.84 Å². The molecule has 1 aromatic carbocycles. The van der Waals surface area contributed by atoms with Crippen LogP contribution in [0.5, 0.6) is 5.75 Å². The van der Waals surface area contributed by atoms with Gasteiger partial charge >= 0.3 is 12.1 Å². The van der Waals surface area contributed by atoms with Crippen molar-refractivity contribution in [2.24, 2.45) is 0 Å². The molecule has 0 aliphatic heterocycles. The van der Waals surface area contributed by atoms with Gasteiger partial charge in [-0.15, -0.1) is 0 Å². The maximum absolute atomic E-state index is 12.5. The Morgan fingerprint density at radius 2 is 1.94 bits per heavy atom. The van der Waals surface area contributed by atoms with Crippen LogP contribution in [0, 0.1) is 0 Å². The molecule has 0 fully saturated rings. The van der Waals surface area contributed by atoms with E-state index in [0.717, 1.165) is 12.1 Å². The fourth-order valence-electron chi connectivity index (χ4n) is 1.30. The van der Waals surface area contributed by atoms with Gasteiger partial charge in [0.05, 0.1) is 18.6 Å². The molecule has 0 bridgehead atoms. The van der Waals surface area contributed by atoms with E-state index in [-0.39, 0.29) is 11.3 Å². The Hall–Kier alpha value is -1.72. The second-order valence-corrected chi connectivity index (χ2v) is 3.55. The van der Waals surface area contributed by atoms with Gasteiger partial charge in [-0.05, 0) is 30.7 Å². The van der Waals surface area contributed by atoms with Crippen LogP contribution in [0.4, 0.5) is 13.2 Å². The number of methoxy groups -OCH3 is 1. The van der Waals surface area contributed by atoms with E-state index in [9.17, 15) is 18.0 Å². The number of alkyl halides is 3. The predicted octanol–water partition coefficient (Wildman–Crippen LogP) is 2.90. The Balaban J connectivity index is 3.28. The van der Waals surface area contributed by atoms with Crippen LogP contribution in [0.3, 0.4) is 0 Å². The number of carbonyl (C=O) groups is 1. The minimum atomic E-state index is -4.53. The van der Waals surface area contributed by atoms with Crippen molar-refractivity contribution in [1.29, 1.82) is 0 Å². The van der Waals surface area contributed by atoms with E-state index >= 15 is 0 Å². The molecule has 1 unspecified atom stereocenters. The molecule has 0 aromatic heterocycles. The molecule has 94 valence electrons. The van der Waals surface area contributed by atoms with E-state index in [1.807, 2.05) is 0 Å². The molecule has 17 heavy (non-hydrogen) atoms. The summed E-state index contributed by atoms with van der Waals surface area (Å²) in [5, 5.41) is 8.77. The zero-order chi connectivity index (χ0) is 13.2. The number of aliphatic carboxylic acids is 1. The Labute approximate surface area is 95.8 Å². The van der Waals surface area contributed by atoms with Crippen LogP contribution in [0.15, 0.2) is 18.2 Å². The standard InChI is InChI=1S/C11H11F3O3/c1-6(10(15)16)7-3-8(11(12,13)14)5-9(4-7)17-2/h3-6H,1-2H3,(H,15,16). The number of hydrogen-bond donors (Lipinski definition) is 1. The number of carboxylic acid groups (broad SMARTS) is 1. The van der Waals surface area contributed by atoms with Gasteiger partial charge in [-0.1, -0.05) is 0 Å². The molecule has 3 nitrogen and oxygen atoms in total. The largest absolute Gasteiger partial charge is 0.497 e. The third-order valence-corrected chi connectivity index (χ3v) is 2.36. The molecule has 0 aliphatic rings. The van der Waals surface area contributed by atoms with Gasteiger partial charge in [-0.3, -0.25) is 4.79 Å². The molecule has 0 saturated heterocycles. The Kier molecular flexibility index (Phi) is 3.65. The Morgan fingerprint density at radius 3 is 2.35 bits per heavy atom. The van der Waals surface area contributed by atoms with Crippen molar-refractivity contribution in [2.75, 3.05) is 7.11 Å². The van der Waals surface area contributed by atoms with Crippen molar-refractivity contribution in [1.82, 2.24) is 0 Å². The zero-order valence-corrected chi connectivity index (χ0v) is 9.21. The number of benzene rings is 1. The topological polar surface area (TPSA) is 46.5 Å². The molecule has 6 heteroatoms. The van der Waals surface area contributed by atoms with Gasteiger partial charge in [0.1, 0.15) is 5.75 Å². The first-order valence-electron chi connectivity index (χ1n) is 4.74. The molecule has 0 spiro atoms. The lowest BCUT2D eigenvalue weighted by atomic mass is 9.98. The first kappa shape index (κ1) is 13.3. The summed E-state index contributed by atoms with van der Waals surface area (Å²) >= 11 is 0. The Bertz CT molecular complexity index is 426. The summed E-state index contributed by atoms with van der Waals surface area (Å²) in [5.74, 6) is -2.22. The summed E-state index contributed by atoms with van der Waals surface area (Å²) in [7, 11) is 1.23. The molecule has 1 N–H and O–H groups in total. The summed E-state index contributed by atoms with van der Waals surface area (Å²) in [4.78, 5) is 10.7. The SMILES string of the molecule is COc1cc(C(C)C(=O)O)cc(C(F)(F)F)c1. The lowest BCUT2D eigenvalue weighted by Crippen LogP contribution is -2.11. The highest BCUT2D eigenvalue weighted by atomic mass is 19.4. The minimum Gasteiger partial charge on any atom is -0.497 e. The number of carboxylic acids is 1. The quantitative estimate of drug-likeness (QED) is 0.894. The van der Waals surface area contributed by atoms with Crippen molar-refractivity contribution >= 4 is 5.97 Å². The number of halogens is 3. The van der Waals surface area contributed by atoms with E-state index in [1.54, 1.807) is 0 Å². The van der Waals surface area contributed by atoms with Crippen LogP contribution in [-0.2, 0) is 11.0 Å². The predicted molar refractivity (Wildman–Crippen MR) is 54.0 cm³/mol. The van der Waals surface area contributed by atoms with Crippen molar-refractivity contribution in [3.8, 4) is 5.75 Å². The number of rotatable bonds is 3. The zero-order valence-electron chi connectivity index (χ0n) is 9.21. The normalized spacial score (nSPS) is 13.2. The van der Waals surface area contributed by atoms with Crippen molar-refractivity contribution < 1.29 is 27.8 Å². The van der Waals surface area contributed by atoms with E-state index in [4.69, 9.17) is 9.84 Å². The van der Waals surface area contributed by atoms with Crippen LogP contribution < -0.4 is 4.74 Å². The molecule has 0 heterocycles.